The Morgan fingerprint density at radius 3 is 2.60 bits per heavy atom. The Morgan fingerprint density at radius 1 is 1.40 bits per heavy atom. The molecule has 0 aliphatic heterocycles. The molecule has 0 fully saturated rings. The molecule has 0 amide bonds. The fourth-order valence-corrected chi connectivity index (χ4v) is 1.34. The zero-order valence-corrected chi connectivity index (χ0v) is 7.33. The predicted octanol–water partition coefficient (Wildman–Crippen LogP) is 3.28. The first-order valence-corrected chi connectivity index (χ1v) is 4.16. The summed E-state index contributed by atoms with van der Waals surface area (Å²) >= 11 is 5.70. The van der Waals surface area contributed by atoms with Crippen LogP contribution in [-0.2, 0) is 0 Å². The third-order valence-corrected chi connectivity index (χ3v) is 2.43. The molecule has 0 atom stereocenters. The van der Waals surface area contributed by atoms with Crippen LogP contribution in [0.15, 0.2) is 22.8 Å². The van der Waals surface area contributed by atoms with Crippen LogP contribution in [0.2, 0.25) is 0 Å². The van der Waals surface area contributed by atoms with Crippen LogP contribution in [0.25, 0.3) is 0 Å². The van der Waals surface area contributed by atoms with Crippen molar-refractivity contribution in [2.24, 2.45) is 0 Å². The minimum Gasteiger partial charge on any atom is -0.122 e. The molecule has 0 nitrogen and oxygen atoms in total. The first kappa shape index (κ1) is 7.87. The van der Waals surface area contributed by atoms with E-state index in [0.717, 1.165) is 12.8 Å². The van der Waals surface area contributed by atoms with Crippen LogP contribution >= 0.6 is 11.6 Å². The SMILES string of the molecule is CC1=C(C)CC(CCl)=CC1. The second kappa shape index (κ2) is 3.25. The molecule has 0 unspecified atom stereocenters. The summed E-state index contributed by atoms with van der Waals surface area (Å²) in [5, 5.41) is 0. The molecule has 1 rings (SSSR count). The highest BCUT2D eigenvalue weighted by atomic mass is 35.5. The normalized spacial score (nSPS) is 19.3. The van der Waals surface area contributed by atoms with Gasteiger partial charge in [-0.3, -0.25) is 0 Å². The summed E-state index contributed by atoms with van der Waals surface area (Å²) < 4.78 is 0. The molecular formula is C9H13Cl. The topological polar surface area (TPSA) is 0 Å². The molecule has 0 aromatic carbocycles. The number of rotatable bonds is 1. The van der Waals surface area contributed by atoms with Gasteiger partial charge in [-0.25, -0.2) is 0 Å². The van der Waals surface area contributed by atoms with Crippen LogP contribution in [0.5, 0.6) is 0 Å². The van der Waals surface area contributed by atoms with E-state index < -0.39 is 0 Å². The second-order valence-corrected chi connectivity index (χ2v) is 3.20. The van der Waals surface area contributed by atoms with Crippen molar-refractivity contribution in [1.29, 1.82) is 0 Å². The van der Waals surface area contributed by atoms with E-state index in [0.29, 0.717) is 5.88 Å². The number of allylic oxidation sites excluding steroid dienone is 4. The van der Waals surface area contributed by atoms with Crippen molar-refractivity contribution in [1.82, 2.24) is 0 Å². The molecule has 0 radical (unpaired) electrons. The van der Waals surface area contributed by atoms with E-state index in [2.05, 4.69) is 19.9 Å². The maximum Gasteiger partial charge on any atom is 0.0436 e. The number of alkyl halides is 1. The molecule has 0 aromatic rings. The molecule has 0 saturated carbocycles. The van der Waals surface area contributed by atoms with Crippen LogP contribution in [-0.4, -0.2) is 5.88 Å². The zero-order valence-electron chi connectivity index (χ0n) is 6.58. The minimum atomic E-state index is 0.699. The molecule has 10 heavy (non-hydrogen) atoms. The summed E-state index contributed by atoms with van der Waals surface area (Å²) in [6, 6.07) is 0. The summed E-state index contributed by atoms with van der Waals surface area (Å²) in [4.78, 5) is 0. The van der Waals surface area contributed by atoms with Crippen molar-refractivity contribution in [2.75, 3.05) is 5.88 Å². The van der Waals surface area contributed by atoms with Gasteiger partial charge in [-0.2, -0.15) is 0 Å². The predicted molar refractivity (Wildman–Crippen MR) is 46.4 cm³/mol. The van der Waals surface area contributed by atoms with Gasteiger partial charge in [-0.05, 0) is 26.7 Å². The summed E-state index contributed by atoms with van der Waals surface area (Å²) in [5.74, 6) is 0.699. The molecule has 1 heteroatoms. The van der Waals surface area contributed by atoms with Gasteiger partial charge in [0.05, 0.1) is 0 Å². The largest absolute Gasteiger partial charge is 0.122 e. The van der Waals surface area contributed by atoms with E-state index >= 15 is 0 Å². The Bertz CT molecular complexity index is 187. The highest BCUT2D eigenvalue weighted by Crippen LogP contribution is 2.23. The van der Waals surface area contributed by atoms with E-state index in [1.807, 2.05) is 0 Å². The Labute approximate surface area is 67.6 Å². The molecule has 0 saturated heterocycles. The highest BCUT2D eigenvalue weighted by molar-refractivity contribution is 6.19. The molecule has 0 spiro atoms. The van der Waals surface area contributed by atoms with Crippen molar-refractivity contribution in [2.45, 2.75) is 26.7 Å². The Kier molecular flexibility index (Phi) is 2.56. The maximum absolute atomic E-state index is 5.70. The first-order chi connectivity index (χ1) is 4.74. The Balaban J connectivity index is 2.63. The first-order valence-electron chi connectivity index (χ1n) is 3.63. The summed E-state index contributed by atoms with van der Waals surface area (Å²) in [6.07, 6.45) is 4.44. The van der Waals surface area contributed by atoms with Crippen molar-refractivity contribution in [3.8, 4) is 0 Å². The number of hydrogen-bond acceptors (Lipinski definition) is 0. The van der Waals surface area contributed by atoms with Gasteiger partial charge in [-0.1, -0.05) is 22.8 Å². The third kappa shape index (κ3) is 1.63. The van der Waals surface area contributed by atoms with Crippen LogP contribution in [0.4, 0.5) is 0 Å². The fourth-order valence-electron chi connectivity index (χ4n) is 1.14. The lowest BCUT2D eigenvalue weighted by Gasteiger charge is -2.13. The summed E-state index contributed by atoms with van der Waals surface area (Å²) in [7, 11) is 0. The molecule has 0 heterocycles. The molecular weight excluding hydrogens is 144 g/mol. The van der Waals surface area contributed by atoms with Crippen LogP contribution in [0, 0.1) is 0 Å². The third-order valence-electron chi connectivity index (χ3n) is 2.09. The van der Waals surface area contributed by atoms with E-state index in [9.17, 15) is 0 Å². The molecule has 1 aliphatic carbocycles. The lowest BCUT2D eigenvalue weighted by Crippen LogP contribution is -1.96. The molecule has 56 valence electrons. The van der Waals surface area contributed by atoms with Crippen molar-refractivity contribution >= 4 is 11.6 Å². The molecule has 0 aromatic heterocycles. The lowest BCUT2D eigenvalue weighted by molar-refractivity contribution is 0.974. The Morgan fingerprint density at radius 2 is 2.10 bits per heavy atom. The van der Waals surface area contributed by atoms with Crippen molar-refractivity contribution in [3.63, 3.8) is 0 Å². The van der Waals surface area contributed by atoms with Gasteiger partial charge in [0, 0.05) is 5.88 Å². The fraction of sp³-hybridized carbons (Fsp3) is 0.556. The molecule has 0 N–H and O–H groups in total. The van der Waals surface area contributed by atoms with Gasteiger partial charge in [0.1, 0.15) is 0 Å². The summed E-state index contributed by atoms with van der Waals surface area (Å²) in [5.41, 5.74) is 4.39. The average Bonchev–Trinajstić information content (AvgIpc) is 1.95. The lowest BCUT2D eigenvalue weighted by atomic mass is 9.95. The zero-order chi connectivity index (χ0) is 7.56. The maximum atomic E-state index is 5.70. The van der Waals surface area contributed by atoms with Gasteiger partial charge in [-0.15, -0.1) is 11.6 Å². The van der Waals surface area contributed by atoms with Crippen LogP contribution < -0.4 is 0 Å². The van der Waals surface area contributed by atoms with Gasteiger partial charge >= 0.3 is 0 Å². The van der Waals surface area contributed by atoms with E-state index in [1.165, 1.54) is 16.7 Å². The summed E-state index contributed by atoms with van der Waals surface area (Å²) in [6.45, 7) is 4.38. The smallest absolute Gasteiger partial charge is 0.0436 e. The van der Waals surface area contributed by atoms with Gasteiger partial charge in [0.25, 0.3) is 0 Å². The Hall–Kier alpha value is -0.230. The average molecular weight is 157 g/mol. The quantitative estimate of drug-likeness (QED) is 0.404. The van der Waals surface area contributed by atoms with Crippen LogP contribution in [0.3, 0.4) is 0 Å². The van der Waals surface area contributed by atoms with Crippen molar-refractivity contribution < 1.29 is 0 Å². The number of hydrogen-bond donors (Lipinski definition) is 0. The van der Waals surface area contributed by atoms with E-state index in [-0.39, 0.29) is 0 Å². The van der Waals surface area contributed by atoms with Gasteiger partial charge in [0.15, 0.2) is 0 Å². The second-order valence-electron chi connectivity index (χ2n) is 2.94. The van der Waals surface area contributed by atoms with Gasteiger partial charge in [0.2, 0.25) is 0 Å². The standard InChI is InChI=1S/C9H13Cl/c1-7-3-4-9(6-10)5-8(7)2/h4H,3,5-6H2,1-2H3. The van der Waals surface area contributed by atoms with Crippen molar-refractivity contribution in [3.05, 3.63) is 22.8 Å². The van der Waals surface area contributed by atoms with E-state index in [4.69, 9.17) is 11.6 Å². The molecule has 0 bridgehead atoms. The highest BCUT2D eigenvalue weighted by Gasteiger charge is 2.05. The van der Waals surface area contributed by atoms with Gasteiger partial charge < -0.3 is 0 Å². The number of halogens is 1. The molecule has 1 aliphatic rings. The van der Waals surface area contributed by atoms with E-state index in [1.54, 1.807) is 0 Å². The minimum absolute atomic E-state index is 0.699. The van der Waals surface area contributed by atoms with Crippen LogP contribution in [0.1, 0.15) is 26.7 Å². The monoisotopic (exact) mass is 156 g/mol.